The molecule has 142 valence electrons. The molecule has 3 rings (SSSR count). The number of nitrogens with zero attached hydrogens (tertiary/aromatic N) is 2. The van der Waals surface area contributed by atoms with Gasteiger partial charge in [-0.1, -0.05) is 29.8 Å². The van der Waals surface area contributed by atoms with Gasteiger partial charge in [0, 0.05) is 5.38 Å². The van der Waals surface area contributed by atoms with Gasteiger partial charge in [-0.05, 0) is 30.7 Å². The molecule has 0 saturated heterocycles. The molecule has 0 bridgehead atoms. The van der Waals surface area contributed by atoms with Gasteiger partial charge in [0.1, 0.15) is 6.54 Å². The van der Waals surface area contributed by atoms with E-state index >= 15 is 0 Å². The van der Waals surface area contributed by atoms with E-state index in [1.54, 1.807) is 31.2 Å². The minimum absolute atomic E-state index is 0.330. The van der Waals surface area contributed by atoms with Crippen LogP contribution in [-0.4, -0.2) is 32.1 Å². The molecule has 6 nitrogen and oxygen atoms in total. The Balaban J connectivity index is 1.76. The zero-order valence-corrected chi connectivity index (χ0v) is 17.7. The van der Waals surface area contributed by atoms with Crippen molar-refractivity contribution in [2.75, 3.05) is 22.4 Å². The number of hydrogen-bond donors (Lipinski definition) is 1. The van der Waals surface area contributed by atoms with Gasteiger partial charge in [0.2, 0.25) is 15.9 Å². The summed E-state index contributed by atoms with van der Waals surface area (Å²) in [5.74, 6) is -0.464. The topological polar surface area (TPSA) is 79.4 Å². The Hall–Kier alpha value is -1.94. The average molecular weight is 442 g/mol. The molecule has 1 aromatic carbocycles. The Bertz CT molecular complexity index is 1080. The van der Waals surface area contributed by atoms with Gasteiger partial charge >= 0.3 is 0 Å². The van der Waals surface area contributed by atoms with Crippen molar-refractivity contribution < 1.29 is 13.2 Å². The lowest BCUT2D eigenvalue weighted by Gasteiger charge is -2.23. The number of hydrogen-bond acceptors (Lipinski definition) is 6. The lowest BCUT2D eigenvalue weighted by molar-refractivity contribution is -0.114. The van der Waals surface area contributed by atoms with Gasteiger partial charge in [-0.15, -0.1) is 22.7 Å². The van der Waals surface area contributed by atoms with Gasteiger partial charge in [-0.2, -0.15) is 0 Å². The number of sulfonamides is 1. The highest BCUT2D eigenvalue weighted by Crippen LogP contribution is 2.33. The van der Waals surface area contributed by atoms with Crippen LogP contribution in [0.1, 0.15) is 5.56 Å². The Morgan fingerprint density at radius 1 is 1.26 bits per heavy atom. The molecule has 27 heavy (non-hydrogen) atoms. The van der Waals surface area contributed by atoms with Gasteiger partial charge in [0.25, 0.3) is 0 Å². The number of anilines is 2. The number of rotatable bonds is 6. The summed E-state index contributed by atoms with van der Waals surface area (Å²) in [6.07, 6.45) is 1.08. The summed E-state index contributed by atoms with van der Waals surface area (Å²) in [5, 5.41) is 4.88. The van der Waals surface area contributed by atoms with E-state index in [4.69, 9.17) is 11.6 Å². The van der Waals surface area contributed by atoms with Crippen LogP contribution in [0, 0.1) is 6.92 Å². The number of thiophene rings is 1. The molecular weight excluding hydrogens is 426 g/mol. The minimum atomic E-state index is -3.62. The van der Waals surface area contributed by atoms with E-state index in [1.165, 1.54) is 22.7 Å². The molecule has 0 fully saturated rings. The highest BCUT2D eigenvalue weighted by atomic mass is 35.5. The van der Waals surface area contributed by atoms with Crippen LogP contribution < -0.4 is 9.62 Å². The van der Waals surface area contributed by atoms with Gasteiger partial charge < -0.3 is 5.32 Å². The number of carbonyl (C=O) groups excluding carboxylic acids is 1. The van der Waals surface area contributed by atoms with Crippen LogP contribution in [0.25, 0.3) is 10.6 Å². The lowest BCUT2D eigenvalue weighted by atomic mass is 10.2. The Labute approximate surface area is 170 Å². The molecule has 0 aliphatic carbocycles. The summed E-state index contributed by atoms with van der Waals surface area (Å²) < 4.78 is 26.1. The first-order chi connectivity index (χ1) is 12.7. The smallest absolute Gasteiger partial charge is 0.246 e. The van der Waals surface area contributed by atoms with Crippen molar-refractivity contribution in [3.8, 4) is 10.6 Å². The molecule has 2 aromatic heterocycles. The maximum atomic E-state index is 12.4. The van der Waals surface area contributed by atoms with Crippen molar-refractivity contribution in [2.45, 2.75) is 6.92 Å². The van der Waals surface area contributed by atoms with Crippen molar-refractivity contribution in [1.29, 1.82) is 0 Å². The maximum Gasteiger partial charge on any atom is 0.246 e. The van der Waals surface area contributed by atoms with Crippen LogP contribution in [0.5, 0.6) is 0 Å². The molecule has 0 spiro atoms. The second-order valence-electron chi connectivity index (χ2n) is 5.75. The third kappa shape index (κ3) is 4.86. The Morgan fingerprint density at radius 3 is 2.63 bits per heavy atom. The van der Waals surface area contributed by atoms with Crippen LogP contribution in [0.2, 0.25) is 4.34 Å². The third-order valence-electron chi connectivity index (χ3n) is 3.65. The fourth-order valence-corrected chi connectivity index (χ4v) is 5.13. The Morgan fingerprint density at radius 2 is 2.00 bits per heavy atom. The number of halogens is 1. The standard InChI is InChI=1S/C17H16ClN3O3S3/c1-11-5-3-4-6-13(11)21(27(2,23)24)9-16(22)20-17-19-12(10-25-17)14-7-8-15(18)26-14/h3-8,10H,9H2,1-2H3,(H,19,20,22). The number of para-hydroxylation sites is 1. The fourth-order valence-electron chi connectivity index (χ4n) is 2.41. The zero-order chi connectivity index (χ0) is 19.6. The molecule has 3 aromatic rings. The first kappa shape index (κ1) is 19.8. The van der Waals surface area contributed by atoms with Crippen molar-refractivity contribution in [3.63, 3.8) is 0 Å². The molecule has 1 N–H and O–H groups in total. The summed E-state index contributed by atoms with van der Waals surface area (Å²) in [5.41, 5.74) is 1.95. The molecule has 0 radical (unpaired) electrons. The first-order valence-corrected chi connectivity index (χ1v) is 11.7. The predicted octanol–water partition coefficient (Wildman–Crippen LogP) is 4.24. The third-order valence-corrected chi connectivity index (χ3v) is 6.79. The first-order valence-electron chi connectivity index (χ1n) is 7.78. The quantitative estimate of drug-likeness (QED) is 0.620. The molecule has 0 saturated carbocycles. The summed E-state index contributed by atoms with van der Waals surface area (Å²) in [4.78, 5) is 17.7. The number of carbonyl (C=O) groups is 1. The molecule has 0 aliphatic heterocycles. The largest absolute Gasteiger partial charge is 0.300 e. The number of nitrogens with one attached hydrogen (secondary N) is 1. The van der Waals surface area contributed by atoms with Crippen molar-refractivity contribution in [3.05, 3.63) is 51.7 Å². The van der Waals surface area contributed by atoms with Crippen LogP contribution in [0.15, 0.2) is 41.8 Å². The highest BCUT2D eigenvalue weighted by Gasteiger charge is 2.22. The summed E-state index contributed by atoms with van der Waals surface area (Å²) in [6.45, 7) is 1.47. The number of amides is 1. The molecule has 2 heterocycles. The van der Waals surface area contributed by atoms with Crippen molar-refractivity contribution >= 4 is 61.0 Å². The second kappa shape index (κ2) is 7.97. The average Bonchev–Trinajstić information content (AvgIpc) is 3.21. The summed E-state index contributed by atoms with van der Waals surface area (Å²) in [7, 11) is -3.62. The number of aryl methyl sites for hydroxylation is 1. The zero-order valence-electron chi connectivity index (χ0n) is 14.5. The van der Waals surface area contributed by atoms with Crippen LogP contribution in [-0.2, 0) is 14.8 Å². The van der Waals surface area contributed by atoms with E-state index in [2.05, 4.69) is 10.3 Å². The molecular formula is C17H16ClN3O3S3. The number of aromatic nitrogens is 1. The van der Waals surface area contributed by atoms with E-state index in [9.17, 15) is 13.2 Å². The number of benzene rings is 1. The summed E-state index contributed by atoms with van der Waals surface area (Å²) >= 11 is 8.60. The normalized spacial score (nSPS) is 11.4. The molecule has 0 unspecified atom stereocenters. The predicted molar refractivity (Wildman–Crippen MR) is 112 cm³/mol. The maximum absolute atomic E-state index is 12.4. The van der Waals surface area contributed by atoms with E-state index in [1.807, 2.05) is 17.5 Å². The van der Waals surface area contributed by atoms with Gasteiger partial charge in [0.05, 0.1) is 26.9 Å². The van der Waals surface area contributed by atoms with Crippen molar-refractivity contribution in [2.24, 2.45) is 0 Å². The molecule has 0 atom stereocenters. The summed E-state index contributed by atoms with van der Waals surface area (Å²) in [6, 6.07) is 10.7. The van der Waals surface area contributed by atoms with Gasteiger partial charge in [0.15, 0.2) is 5.13 Å². The number of thiazole rings is 1. The van der Waals surface area contributed by atoms with E-state index < -0.39 is 15.9 Å². The highest BCUT2D eigenvalue weighted by molar-refractivity contribution is 7.92. The van der Waals surface area contributed by atoms with E-state index in [0.29, 0.717) is 20.8 Å². The van der Waals surface area contributed by atoms with Crippen LogP contribution in [0.4, 0.5) is 10.8 Å². The van der Waals surface area contributed by atoms with Crippen LogP contribution >= 0.6 is 34.3 Å². The second-order valence-corrected chi connectivity index (χ2v) is 10.2. The molecule has 0 aliphatic rings. The molecule has 1 amide bonds. The van der Waals surface area contributed by atoms with Crippen molar-refractivity contribution in [1.82, 2.24) is 4.98 Å². The molecule has 10 heteroatoms. The van der Waals surface area contributed by atoms with E-state index in [0.717, 1.165) is 21.0 Å². The Kier molecular flexibility index (Phi) is 5.85. The minimum Gasteiger partial charge on any atom is -0.300 e. The SMILES string of the molecule is Cc1ccccc1N(CC(=O)Nc1nc(-c2ccc(Cl)s2)cs1)S(C)(=O)=O. The van der Waals surface area contributed by atoms with E-state index in [-0.39, 0.29) is 6.54 Å². The lowest BCUT2D eigenvalue weighted by Crippen LogP contribution is -2.37. The van der Waals surface area contributed by atoms with Crippen LogP contribution in [0.3, 0.4) is 0 Å². The van der Waals surface area contributed by atoms with Gasteiger partial charge in [-0.25, -0.2) is 13.4 Å². The fraction of sp³-hybridized carbons (Fsp3) is 0.176. The van der Waals surface area contributed by atoms with Gasteiger partial charge in [-0.3, -0.25) is 9.10 Å². The monoisotopic (exact) mass is 441 g/mol.